The standard InChI is InChI=1S/C15H22N2O2/c1-3-19-12-8-6-7-11(16)13(12)14(18)17-15(2)9-4-5-10-15/h6-8H,3-5,9-10,16H2,1-2H3,(H,17,18). The average molecular weight is 262 g/mol. The van der Waals surface area contributed by atoms with E-state index in [1.165, 1.54) is 12.8 Å². The lowest BCUT2D eigenvalue weighted by Crippen LogP contribution is -2.43. The van der Waals surface area contributed by atoms with Crippen LogP contribution in [0.2, 0.25) is 0 Å². The van der Waals surface area contributed by atoms with Crippen LogP contribution >= 0.6 is 0 Å². The SMILES string of the molecule is CCOc1cccc(N)c1C(=O)NC1(C)CCCC1. The highest BCUT2D eigenvalue weighted by Gasteiger charge is 2.31. The normalized spacial score (nSPS) is 17.2. The molecule has 0 bridgehead atoms. The Morgan fingerprint density at radius 2 is 2.11 bits per heavy atom. The molecule has 1 saturated carbocycles. The van der Waals surface area contributed by atoms with Crippen LogP contribution in [0.5, 0.6) is 5.75 Å². The molecule has 1 aliphatic carbocycles. The lowest BCUT2D eigenvalue weighted by atomic mass is 9.99. The van der Waals surface area contributed by atoms with Gasteiger partial charge in [-0.2, -0.15) is 0 Å². The van der Waals surface area contributed by atoms with E-state index in [1.54, 1.807) is 18.2 Å². The van der Waals surface area contributed by atoms with Crippen molar-refractivity contribution in [3.05, 3.63) is 23.8 Å². The molecule has 1 fully saturated rings. The number of ether oxygens (including phenoxy) is 1. The van der Waals surface area contributed by atoms with Crippen LogP contribution in [0.1, 0.15) is 49.9 Å². The number of carbonyl (C=O) groups is 1. The van der Waals surface area contributed by atoms with Crippen molar-refractivity contribution in [3.63, 3.8) is 0 Å². The largest absolute Gasteiger partial charge is 0.493 e. The third-order valence-corrected chi connectivity index (χ3v) is 3.71. The van der Waals surface area contributed by atoms with E-state index in [4.69, 9.17) is 10.5 Å². The zero-order valence-electron chi connectivity index (χ0n) is 11.7. The van der Waals surface area contributed by atoms with Crippen molar-refractivity contribution in [1.29, 1.82) is 0 Å². The second-order valence-corrected chi connectivity index (χ2v) is 5.38. The summed E-state index contributed by atoms with van der Waals surface area (Å²) in [5, 5.41) is 3.11. The molecule has 0 heterocycles. The van der Waals surface area contributed by atoms with Crippen LogP contribution in [0.25, 0.3) is 0 Å². The molecule has 0 aromatic heterocycles. The fraction of sp³-hybridized carbons (Fsp3) is 0.533. The van der Waals surface area contributed by atoms with E-state index < -0.39 is 0 Å². The molecule has 4 nitrogen and oxygen atoms in total. The van der Waals surface area contributed by atoms with E-state index in [9.17, 15) is 4.79 Å². The number of nitrogens with two attached hydrogens (primary N) is 1. The molecule has 0 saturated heterocycles. The number of hydrogen-bond donors (Lipinski definition) is 2. The van der Waals surface area contributed by atoms with Crippen molar-refractivity contribution in [3.8, 4) is 5.75 Å². The summed E-state index contributed by atoms with van der Waals surface area (Å²) in [5.41, 5.74) is 6.74. The Hall–Kier alpha value is -1.71. The van der Waals surface area contributed by atoms with Crippen LogP contribution < -0.4 is 15.8 Å². The van der Waals surface area contributed by atoms with Gasteiger partial charge in [-0.1, -0.05) is 18.9 Å². The van der Waals surface area contributed by atoms with Crippen LogP contribution in [0.3, 0.4) is 0 Å². The van der Waals surface area contributed by atoms with E-state index in [1.807, 2.05) is 6.92 Å². The molecule has 3 N–H and O–H groups in total. The smallest absolute Gasteiger partial charge is 0.257 e. The molecule has 0 spiro atoms. The first-order valence-electron chi connectivity index (χ1n) is 6.89. The van der Waals surface area contributed by atoms with Crippen molar-refractivity contribution < 1.29 is 9.53 Å². The van der Waals surface area contributed by atoms with Crippen molar-refractivity contribution >= 4 is 11.6 Å². The van der Waals surface area contributed by atoms with Gasteiger partial charge >= 0.3 is 0 Å². The lowest BCUT2D eigenvalue weighted by molar-refractivity contribution is 0.0905. The maximum Gasteiger partial charge on any atom is 0.257 e. The van der Waals surface area contributed by atoms with Gasteiger partial charge in [0.05, 0.1) is 6.61 Å². The molecule has 0 unspecified atom stereocenters. The molecule has 0 radical (unpaired) electrons. The fourth-order valence-corrected chi connectivity index (χ4v) is 2.68. The summed E-state index contributed by atoms with van der Waals surface area (Å²) in [6.07, 6.45) is 4.38. The lowest BCUT2D eigenvalue weighted by Gasteiger charge is -2.26. The van der Waals surface area contributed by atoms with Gasteiger partial charge in [-0.15, -0.1) is 0 Å². The van der Waals surface area contributed by atoms with E-state index in [0.717, 1.165) is 12.8 Å². The second kappa shape index (κ2) is 5.51. The summed E-state index contributed by atoms with van der Waals surface area (Å²) >= 11 is 0. The zero-order valence-corrected chi connectivity index (χ0v) is 11.7. The summed E-state index contributed by atoms with van der Waals surface area (Å²) in [6, 6.07) is 5.31. The number of hydrogen-bond acceptors (Lipinski definition) is 3. The van der Waals surface area contributed by atoms with E-state index >= 15 is 0 Å². The Balaban J connectivity index is 2.22. The van der Waals surface area contributed by atoms with Gasteiger partial charge in [0.2, 0.25) is 0 Å². The van der Waals surface area contributed by atoms with Crippen molar-refractivity contribution in [2.45, 2.75) is 45.1 Å². The molecule has 1 aromatic carbocycles. The monoisotopic (exact) mass is 262 g/mol. The highest BCUT2D eigenvalue weighted by molar-refractivity contribution is 6.02. The average Bonchev–Trinajstić information content (AvgIpc) is 2.76. The Morgan fingerprint density at radius 3 is 2.74 bits per heavy atom. The van der Waals surface area contributed by atoms with Crippen LogP contribution in [0.4, 0.5) is 5.69 Å². The van der Waals surface area contributed by atoms with Crippen LogP contribution in [-0.4, -0.2) is 18.1 Å². The first-order valence-corrected chi connectivity index (χ1v) is 6.89. The molecule has 0 atom stereocenters. The summed E-state index contributed by atoms with van der Waals surface area (Å²) in [4.78, 5) is 12.5. The number of nitrogen functional groups attached to an aromatic ring is 1. The number of carbonyl (C=O) groups excluding carboxylic acids is 1. The molecule has 1 amide bonds. The van der Waals surface area contributed by atoms with Gasteiger partial charge < -0.3 is 15.8 Å². The maximum absolute atomic E-state index is 12.5. The Bertz CT molecular complexity index is 465. The predicted molar refractivity (Wildman–Crippen MR) is 76.4 cm³/mol. The van der Waals surface area contributed by atoms with Gasteiger partial charge in [0, 0.05) is 11.2 Å². The molecule has 2 rings (SSSR count). The zero-order chi connectivity index (χ0) is 13.9. The minimum Gasteiger partial charge on any atom is -0.493 e. The molecule has 4 heteroatoms. The Morgan fingerprint density at radius 1 is 1.42 bits per heavy atom. The van der Waals surface area contributed by atoms with Gasteiger partial charge in [-0.05, 0) is 38.8 Å². The second-order valence-electron chi connectivity index (χ2n) is 5.38. The minimum absolute atomic E-state index is 0.108. The molecule has 1 aliphatic rings. The van der Waals surface area contributed by atoms with Gasteiger partial charge in [0.1, 0.15) is 11.3 Å². The highest BCUT2D eigenvalue weighted by Crippen LogP contribution is 2.31. The topological polar surface area (TPSA) is 64.3 Å². The molecule has 104 valence electrons. The van der Waals surface area contributed by atoms with Gasteiger partial charge in [-0.25, -0.2) is 0 Å². The quantitative estimate of drug-likeness (QED) is 0.820. The third-order valence-electron chi connectivity index (χ3n) is 3.71. The summed E-state index contributed by atoms with van der Waals surface area (Å²) in [6.45, 7) is 4.50. The number of anilines is 1. The van der Waals surface area contributed by atoms with Crippen molar-refractivity contribution in [2.75, 3.05) is 12.3 Å². The summed E-state index contributed by atoms with van der Waals surface area (Å²) in [7, 11) is 0. The Labute approximate surface area is 114 Å². The molecule has 0 aliphatic heterocycles. The molecular formula is C15H22N2O2. The van der Waals surface area contributed by atoms with Gasteiger partial charge in [0.15, 0.2) is 0 Å². The fourth-order valence-electron chi connectivity index (χ4n) is 2.68. The van der Waals surface area contributed by atoms with Crippen molar-refractivity contribution in [2.24, 2.45) is 0 Å². The van der Waals surface area contributed by atoms with Crippen molar-refractivity contribution in [1.82, 2.24) is 5.32 Å². The summed E-state index contributed by atoms with van der Waals surface area (Å²) in [5.74, 6) is 0.424. The molecule has 19 heavy (non-hydrogen) atoms. The number of benzene rings is 1. The predicted octanol–water partition coefficient (Wildman–Crippen LogP) is 2.73. The third kappa shape index (κ3) is 3.00. The van der Waals surface area contributed by atoms with Crippen LogP contribution in [0.15, 0.2) is 18.2 Å². The number of rotatable bonds is 4. The molecule has 1 aromatic rings. The van der Waals surface area contributed by atoms with E-state index in [-0.39, 0.29) is 11.4 Å². The summed E-state index contributed by atoms with van der Waals surface area (Å²) < 4.78 is 5.50. The first kappa shape index (κ1) is 13.7. The first-order chi connectivity index (χ1) is 9.06. The van der Waals surface area contributed by atoms with Gasteiger partial charge in [-0.3, -0.25) is 4.79 Å². The number of nitrogens with one attached hydrogen (secondary N) is 1. The molecular weight excluding hydrogens is 240 g/mol. The van der Waals surface area contributed by atoms with E-state index in [2.05, 4.69) is 12.2 Å². The Kier molecular flexibility index (Phi) is 3.98. The van der Waals surface area contributed by atoms with Crippen LogP contribution in [0, 0.1) is 0 Å². The number of amides is 1. The van der Waals surface area contributed by atoms with E-state index in [0.29, 0.717) is 23.6 Å². The minimum atomic E-state index is -0.133. The van der Waals surface area contributed by atoms with Crippen LogP contribution in [-0.2, 0) is 0 Å². The highest BCUT2D eigenvalue weighted by atomic mass is 16.5. The van der Waals surface area contributed by atoms with Gasteiger partial charge in [0.25, 0.3) is 5.91 Å². The maximum atomic E-state index is 12.5.